The molecule has 10 heteroatoms. The zero-order valence-electron chi connectivity index (χ0n) is 24.7. The van der Waals surface area contributed by atoms with E-state index in [9.17, 15) is 19.5 Å². The molecule has 1 aromatic carbocycles. The first-order valence-electron chi connectivity index (χ1n) is 14.7. The lowest BCUT2D eigenvalue weighted by Gasteiger charge is -2.49. The molecule has 4 N–H and O–H groups in total. The Bertz CT molecular complexity index is 1050. The summed E-state index contributed by atoms with van der Waals surface area (Å²) in [5.74, 6) is -0.751. The molecule has 0 aromatic heterocycles. The first-order chi connectivity index (χ1) is 19.0. The second-order valence-corrected chi connectivity index (χ2v) is 12.7. The molecule has 2 saturated heterocycles. The van der Waals surface area contributed by atoms with Crippen molar-refractivity contribution in [2.75, 3.05) is 20.7 Å². The van der Waals surface area contributed by atoms with Crippen LogP contribution in [0.3, 0.4) is 0 Å². The number of likely N-dealkylation sites (N-methyl/N-ethyl adjacent to an activating group) is 1. The lowest BCUT2D eigenvalue weighted by atomic mass is 9.73. The SMILES string of the molecule is CNC(=O)[C@@H]1C[C@@H](O)CN1C(=O)[C@@H](N1NNC(Cc2ccc(C(=O)OC)cc2)C12CCCCCCC2)C(C)(C)C. The Labute approximate surface area is 238 Å². The Balaban J connectivity index is 1.68. The summed E-state index contributed by atoms with van der Waals surface area (Å²) < 4.78 is 4.85. The van der Waals surface area contributed by atoms with Crippen molar-refractivity contribution in [1.82, 2.24) is 26.2 Å². The molecular weight excluding hydrogens is 510 g/mol. The van der Waals surface area contributed by atoms with E-state index in [1.54, 1.807) is 24.1 Å². The van der Waals surface area contributed by atoms with Gasteiger partial charge in [0.25, 0.3) is 0 Å². The normalized spacial score (nSPS) is 26.2. The number of hydrazine groups is 2. The number of hydrogen-bond donors (Lipinski definition) is 4. The smallest absolute Gasteiger partial charge is 0.337 e. The number of aliphatic hydroxyl groups excluding tert-OH is 1. The minimum absolute atomic E-state index is 0.0196. The number of benzene rings is 1. The van der Waals surface area contributed by atoms with Crippen molar-refractivity contribution in [3.63, 3.8) is 0 Å². The Morgan fingerprint density at radius 3 is 2.30 bits per heavy atom. The van der Waals surface area contributed by atoms with Crippen LogP contribution in [0.4, 0.5) is 0 Å². The molecule has 3 fully saturated rings. The number of aliphatic hydroxyl groups is 1. The third-order valence-corrected chi connectivity index (χ3v) is 8.95. The quantitative estimate of drug-likeness (QED) is 0.393. The molecule has 1 saturated carbocycles. The predicted molar refractivity (Wildman–Crippen MR) is 152 cm³/mol. The second kappa shape index (κ2) is 12.5. The van der Waals surface area contributed by atoms with E-state index in [0.717, 1.165) is 50.5 Å². The molecule has 4 atom stereocenters. The summed E-state index contributed by atoms with van der Waals surface area (Å²) in [5.41, 5.74) is 7.82. The summed E-state index contributed by atoms with van der Waals surface area (Å²) in [5, 5.41) is 15.3. The Hall–Kier alpha value is -2.53. The van der Waals surface area contributed by atoms with Crippen LogP contribution in [-0.4, -0.2) is 83.3 Å². The van der Waals surface area contributed by atoms with Gasteiger partial charge in [-0.25, -0.2) is 15.2 Å². The first kappa shape index (κ1) is 30.4. The summed E-state index contributed by atoms with van der Waals surface area (Å²) in [4.78, 5) is 40.6. The Kier molecular flexibility index (Phi) is 9.55. The number of likely N-dealkylation sites (tertiary alicyclic amines) is 1. The van der Waals surface area contributed by atoms with E-state index in [2.05, 4.69) is 42.1 Å². The minimum atomic E-state index is -0.729. The number of nitrogens with zero attached hydrogens (tertiary/aromatic N) is 2. The van der Waals surface area contributed by atoms with Gasteiger partial charge in [-0.15, -0.1) is 0 Å². The molecule has 2 heterocycles. The van der Waals surface area contributed by atoms with Crippen LogP contribution in [0.1, 0.15) is 88.1 Å². The van der Waals surface area contributed by atoms with E-state index >= 15 is 0 Å². The zero-order valence-corrected chi connectivity index (χ0v) is 24.7. The summed E-state index contributed by atoms with van der Waals surface area (Å²) in [6.45, 7) is 6.34. The lowest BCUT2D eigenvalue weighted by molar-refractivity contribution is -0.152. The average Bonchev–Trinajstić information content (AvgIpc) is 3.46. The molecule has 0 bridgehead atoms. The van der Waals surface area contributed by atoms with Gasteiger partial charge in [0.1, 0.15) is 12.1 Å². The monoisotopic (exact) mass is 557 g/mol. The topological polar surface area (TPSA) is 123 Å². The van der Waals surface area contributed by atoms with Crippen LogP contribution in [0.25, 0.3) is 0 Å². The maximum absolute atomic E-state index is 14.4. The van der Waals surface area contributed by atoms with Gasteiger partial charge in [0.15, 0.2) is 0 Å². The first-order valence-corrected chi connectivity index (χ1v) is 14.7. The maximum atomic E-state index is 14.4. The van der Waals surface area contributed by atoms with Crippen LogP contribution < -0.4 is 16.3 Å². The van der Waals surface area contributed by atoms with E-state index in [0.29, 0.717) is 5.56 Å². The van der Waals surface area contributed by atoms with E-state index in [-0.39, 0.29) is 42.3 Å². The summed E-state index contributed by atoms with van der Waals surface area (Å²) in [6.07, 6.45) is 7.74. The number of nitrogens with one attached hydrogen (secondary N) is 3. The second-order valence-electron chi connectivity index (χ2n) is 12.7. The van der Waals surface area contributed by atoms with Gasteiger partial charge in [-0.3, -0.25) is 9.59 Å². The number of carbonyl (C=O) groups is 3. The highest BCUT2D eigenvalue weighted by Crippen LogP contribution is 2.42. The third kappa shape index (κ3) is 6.20. The standard InChI is InChI=1S/C30H47N5O5/c1-29(2,3)25(27(38)34-19-22(36)18-23(34)26(37)31-4)35-30(15-9-7-6-8-10-16-30)24(32-33-35)17-20-11-13-21(14-12-20)28(39)40-5/h11-14,22-25,32-33,36H,6-10,15-19H2,1-5H3,(H,31,37)/t22-,23+,24?,25-/m1/s1. The van der Waals surface area contributed by atoms with E-state index in [4.69, 9.17) is 4.74 Å². The van der Waals surface area contributed by atoms with Crippen molar-refractivity contribution in [3.8, 4) is 0 Å². The number of β-amino-alcohol motifs (C(OH)–C–C–N with tert-alkyl or cyclic N) is 1. The number of methoxy groups -OCH3 is 1. The molecule has 4 rings (SSSR count). The van der Waals surface area contributed by atoms with Gasteiger partial charge < -0.3 is 20.1 Å². The maximum Gasteiger partial charge on any atom is 0.337 e. The van der Waals surface area contributed by atoms with Crippen molar-refractivity contribution >= 4 is 17.8 Å². The molecular formula is C30H47N5O5. The van der Waals surface area contributed by atoms with Gasteiger partial charge in [0.05, 0.1) is 24.3 Å². The predicted octanol–water partition coefficient (Wildman–Crippen LogP) is 2.31. The summed E-state index contributed by atoms with van der Waals surface area (Å²) in [6, 6.07) is 6.30. The van der Waals surface area contributed by atoms with Gasteiger partial charge in [-0.05, 0) is 42.4 Å². The number of amides is 2. The molecule has 1 unspecified atom stereocenters. The molecule has 10 nitrogen and oxygen atoms in total. The molecule has 1 aliphatic carbocycles. The number of hydrogen-bond acceptors (Lipinski definition) is 8. The number of esters is 1. The highest BCUT2D eigenvalue weighted by atomic mass is 16.5. The number of rotatable bonds is 6. The van der Waals surface area contributed by atoms with Crippen molar-refractivity contribution in [2.45, 2.75) is 108 Å². The van der Waals surface area contributed by atoms with E-state index < -0.39 is 23.6 Å². The fraction of sp³-hybridized carbons (Fsp3) is 0.700. The van der Waals surface area contributed by atoms with Crippen LogP contribution >= 0.6 is 0 Å². The number of carbonyl (C=O) groups excluding carboxylic acids is 3. The Morgan fingerprint density at radius 1 is 1.10 bits per heavy atom. The van der Waals surface area contributed by atoms with Crippen molar-refractivity contribution in [2.24, 2.45) is 5.41 Å². The molecule has 1 spiro atoms. The van der Waals surface area contributed by atoms with Crippen LogP contribution in [0.5, 0.6) is 0 Å². The van der Waals surface area contributed by atoms with Gasteiger partial charge in [0.2, 0.25) is 11.8 Å². The van der Waals surface area contributed by atoms with Gasteiger partial charge in [0, 0.05) is 26.1 Å². The van der Waals surface area contributed by atoms with Gasteiger partial charge >= 0.3 is 5.97 Å². The van der Waals surface area contributed by atoms with Crippen LogP contribution in [-0.2, 0) is 20.7 Å². The molecule has 40 heavy (non-hydrogen) atoms. The Morgan fingerprint density at radius 2 is 1.73 bits per heavy atom. The summed E-state index contributed by atoms with van der Waals surface area (Å²) in [7, 11) is 2.94. The van der Waals surface area contributed by atoms with Gasteiger partial charge in [-0.2, -0.15) is 5.53 Å². The van der Waals surface area contributed by atoms with Crippen LogP contribution in [0.15, 0.2) is 24.3 Å². The van der Waals surface area contributed by atoms with E-state index in [1.807, 2.05) is 12.1 Å². The molecule has 2 amide bonds. The van der Waals surface area contributed by atoms with Crippen molar-refractivity contribution < 1.29 is 24.2 Å². The minimum Gasteiger partial charge on any atom is -0.465 e. The highest BCUT2D eigenvalue weighted by molar-refractivity contribution is 5.91. The van der Waals surface area contributed by atoms with Crippen LogP contribution in [0, 0.1) is 5.41 Å². The number of ether oxygens (including phenoxy) is 1. The fourth-order valence-corrected chi connectivity index (χ4v) is 6.86. The lowest BCUT2D eigenvalue weighted by Crippen LogP contribution is -2.66. The molecule has 2 aliphatic heterocycles. The average molecular weight is 558 g/mol. The van der Waals surface area contributed by atoms with Gasteiger partial charge in [-0.1, -0.05) is 65.0 Å². The fourth-order valence-electron chi connectivity index (χ4n) is 6.86. The van der Waals surface area contributed by atoms with Crippen LogP contribution in [0.2, 0.25) is 0 Å². The molecule has 222 valence electrons. The molecule has 1 aromatic rings. The zero-order chi connectivity index (χ0) is 29.1. The molecule has 3 aliphatic rings. The third-order valence-electron chi connectivity index (χ3n) is 8.95. The summed E-state index contributed by atoms with van der Waals surface area (Å²) >= 11 is 0. The largest absolute Gasteiger partial charge is 0.465 e. The van der Waals surface area contributed by atoms with Crippen molar-refractivity contribution in [3.05, 3.63) is 35.4 Å². The highest BCUT2D eigenvalue weighted by Gasteiger charge is 2.56. The molecule has 0 radical (unpaired) electrons. The van der Waals surface area contributed by atoms with Crippen molar-refractivity contribution in [1.29, 1.82) is 0 Å². The van der Waals surface area contributed by atoms with E-state index in [1.165, 1.54) is 13.5 Å².